The van der Waals surface area contributed by atoms with E-state index in [2.05, 4.69) is 16.3 Å². The summed E-state index contributed by atoms with van der Waals surface area (Å²) in [6.07, 6.45) is 1.59. The lowest BCUT2D eigenvalue weighted by molar-refractivity contribution is -0.122. The molecule has 0 bridgehead atoms. The highest BCUT2D eigenvalue weighted by Gasteiger charge is 2.39. The molecule has 0 saturated carbocycles. The number of benzene rings is 2. The molecule has 2 aromatic carbocycles. The third-order valence-corrected chi connectivity index (χ3v) is 8.11. The Morgan fingerprint density at radius 3 is 2.66 bits per heavy atom. The molecule has 0 aliphatic carbocycles. The number of carbonyl (C=O) groups is 2. The number of amidine groups is 1. The van der Waals surface area contributed by atoms with Gasteiger partial charge in [-0.3, -0.25) is 14.5 Å². The topological polar surface area (TPSA) is 78.2 Å². The van der Waals surface area contributed by atoms with Gasteiger partial charge in [0.15, 0.2) is 11.0 Å². The number of aliphatic imine (C=N–C) groups is 1. The average molecular weight is 505 g/mol. The van der Waals surface area contributed by atoms with Crippen LogP contribution in [0.4, 0.5) is 17.1 Å². The number of hydrogen-bond donors (Lipinski definition) is 1. The van der Waals surface area contributed by atoms with E-state index in [9.17, 15) is 9.59 Å². The number of fused-ring (bicyclic) bond motifs is 1. The summed E-state index contributed by atoms with van der Waals surface area (Å²) < 4.78 is 5.54. The van der Waals surface area contributed by atoms with E-state index in [1.807, 2.05) is 44.3 Å². The summed E-state index contributed by atoms with van der Waals surface area (Å²) in [6.45, 7) is 4.50. The highest BCUT2D eigenvalue weighted by molar-refractivity contribution is 8.19. The van der Waals surface area contributed by atoms with Crippen molar-refractivity contribution >= 4 is 57.4 Å². The normalized spacial score (nSPS) is 18.5. The van der Waals surface area contributed by atoms with Crippen LogP contribution in [0.2, 0.25) is 0 Å². The minimum Gasteiger partial charge on any atom is -0.467 e. The number of carbonyl (C=O) groups excluding carboxylic acids is 2. The Hall–Kier alpha value is -3.43. The molecule has 35 heavy (non-hydrogen) atoms. The first-order valence-corrected chi connectivity index (χ1v) is 12.8. The first kappa shape index (κ1) is 23.3. The smallest absolute Gasteiger partial charge is 0.269 e. The Balaban J connectivity index is 1.59. The summed E-state index contributed by atoms with van der Waals surface area (Å²) in [4.78, 5) is 36.1. The third-order valence-electron chi connectivity index (χ3n) is 5.68. The first-order valence-electron chi connectivity index (χ1n) is 11.2. The molecule has 2 aliphatic rings. The van der Waals surface area contributed by atoms with Crippen molar-refractivity contribution in [1.29, 1.82) is 0 Å². The maximum atomic E-state index is 13.7. The number of furan rings is 1. The van der Waals surface area contributed by atoms with Gasteiger partial charge in [-0.05, 0) is 68.1 Å². The fraction of sp³-hybridized carbons (Fsp3) is 0.192. The summed E-state index contributed by atoms with van der Waals surface area (Å²) in [5.41, 5.74) is 3.05. The number of ketones is 1. The zero-order valence-electron chi connectivity index (χ0n) is 19.6. The Morgan fingerprint density at radius 2 is 1.94 bits per heavy atom. The fourth-order valence-electron chi connectivity index (χ4n) is 3.90. The van der Waals surface area contributed by atoms with Gasteiger partial charge in [-0.25, -0.2) is 4.99 Å². The van der Waals surface area contributed by atoms with Gasteiger partial charge in [-0.1, -0.05) is 23.9 Å². The van der Waals surface area contributed by atoms with Crippen LogP contribution in [0.3, 0.4) is 0 Å². The van der Waals surface area contributed by atoms with Crippen molar-refractivity contribution in [2.24, 2.45) is 4.99 Å². The highest BCUT2D eigenvalue weighted by Crippen LogP contribution is 2.50. The van der Waals surface area contributed by atoms with Crippen molar-refractivity contribution in [2.75, 3.05) is 23.8 Å². The molecular weight excluding hydrogens is 480 g/mol. The molecule has 3 aromatic rings. The molecule has 5 rings (SSSR count). The van der Waals surface area contributed by atoms with E-state index in [0.717, 1.165) is 21.3 Å². The number of thioether (sulfide) groups is 2. The van der Waals surface area contributed by atoms with Crippen molar-refractivity contribution in [3.63, 3.8) is 0 Å². The molecule has 0 radical (unpaired) electrons. The summed E-state index contributed by atoms with van der Waals surface area (Å²) in [5.74, 6) is 0.500. The van der Waals surface area contributed by atoms with E-state index < -0.39 is 0 Å². The molecule has 7 nitrogen and oxygen atoms in total. The van der Waals surface area contributed by atoms with Gasteiger partial charge in [0.1, 0.15) is 10.7 Å². The fourth-order valence-corrected chi connectivity index (χ4v) is 6.24. The van der Waals surface area contributed by atoms with Crippen molar-refractivity contribution in [3.8, 4) is 0 Å². The van der Waals surface area contributed by atoms with Gasteiger partial charge in [0.05, 0.1) is 34.9 Å². The molecule has 1 saturated heterocycles. The number of amides is 1. The highest BCUT2D eigenvalue weighted by atomic mass is 32.2. The molecule has 1 fully saturated rings. The van der Waals surface area contributed by atoms with Crippen LogP contribution in [-0.2, 0) is 11.3 Å². The Morgan fingerprint density at radius 1 is 1.11 bits per heavy atom. The zero-order chi connectivity index (χ0) is 24.5. The van der Waals surface area contributed by atoms with E-state index in [0.29, 0.717) is 33.6 Å². The van der Waals surface area contributed by atoms with Crippen LogP contribution in [0.25, 0.3) is 0 Å². The van der Waals surface area contributed by atoms with E-state index in [4.69, 9.17) is 9.41 Å². The molecule has 1 aromatic heterocycles. The average Bonchev–Trinajstić information content (AvgIpc) is 3.56. The number of rotatable bonds is 6. The van der Waals surface area contributed by atoms with E-state index in [-0.39, 0.29) is 18.2 Å². The second-order valence-corrected chi connectivity index (χ2v) is 10.1. The second kappa shape index (κ2) is 9.67. The maximum absolute atomic E-state index is 13.7. The number of para-hydroxylation sites is 1. The molecular formula is C26H24N4O3S2. The van der Waals surface area contributed by atoms with E-state index >= 15 is 0 Å². The molecule has 1 amide bonds. The maximum Gasteiger partial charge on any atom is 0.269 e. The lowest BCUT2D eigenvalue weighted by Crippen LogP contribution is -2.29. The predicted octanol–water partition coefficient (Wildman–Crippen LogP) is 6.09. The lowest BCUT2D eigenvalue weighted by Gasteiger charge is -2.16. The number of nitrogens with zero attached hydrogens (tertiary/aromatic N) is 3. The van der Waals surface area contributed by atoms with Gasteiger partial charge in [0.2, 0.25) is 0 Å². The lowest BCUT2D eigenvalue weighted by atomic mass is 10.1. The SMILES string of the molecule is CCNc1ccc(C(C)=O)cc1N=C1S/C(=C2\Sc3ccccc3N2C)C(=O)N1Cc1ccco1. The van der Waals surface area contributed by atoms with Crippen LogP contribution in [0, 0.1) is 0 Å². The van der Waals surface area contributed by atoms with Crippen molar-refractivity contribution in [2.45, 2.75) is 25.3 Å². The monoisotopic (exact) mass is 504 g/mol. The van der Waals surface area contributed by atoms with Crippen molar-refractivity contribution in [1.82, 2.24) is 4.90 Å². The summed E-state index contributed by atoms with van der Waals surface area (Å²) in [6, 6.07) is 17.1. The molecule has 9 heteroatoms. The molecule has 0 atom stereocenters. The van der Waals surface area contributed by atoms with Crippen LogP contribution < -0.4 is 10.2 Å². The summed E-state index contributed by atoms with van der Waals surface area (Å²) >= 11 is 2.93. The number of hydrogen-bond acceptors (Lipinski definition) is 8. The van der Waals surface area contributed by atoms with Crippen LogP contribution in [0.15, 0.2) is 85.1 Å². The number of Topliss-reactive ketones (excluding diaryl/α,β-unsaturated/α-hetero) is 1. The molecule has 2 aliphatic heterocycles. The predicted molar refractivity (Wildman–Crippen MR) is 142 cm³/mol. The number of nitrogens with one attached hydrogen (secondary N) is 1. The van der Waals surface area contributed by atoms with Gasteiger partial charge in [-0.2, -0.15) is 0 Å². The summed E-state index contributed by atoms with van der Waals surface area (Å²) in [5, 5.41) is 4.71. The molecule has 178 valence electrons. The van der Waals surface area contributed by atoms with Gasteiger partial charge in [-0.15, -0.1) is 0 Å². The Kier molecular flexibility index (Phi) is 6.44. The van der Waals surface area contributed by atoms with Gasteiger partial charge in [0.25, 0.3) is 5.91 Å². The van der Waals surface area contributed by atoms with E-state index in [1.54, 1.807) is 41.1 Å². The first-order chi connectivity index (χ1) is 17.0. The van der Waals surface area contributed by atoms with Crippen LogP contribution >= 0.6 is 23.5 Å². The largest absolute Gasteiger partial charge is 0.467 e. The minimum absolute atomic E-state index is 0.0401. The Labute approximate surface area is 212 Å². The second-order valence-electron chi connectivity index (χ2n) is 8.05. The van der Waals surface area contributed by atoms with Crippen molar-refractivity contribution < 1.29 is 14.0 Å². The summed E-state index contributed by atoms with van der Waals surface area (Å²) in [7, 11) is 1.97. The number of anilines is 2. The standard InChI is InChI=1S/C26H24N4O3S2/c1-4-27-19-12-11-17(16(2)31)14-20(19)28-26-30(15-18-8-7-13-33-18)24(32)23(35-26)25-29(3)21-9-5-6-10-22(21)34-25/h5-14,27H,4,15H2,1-3H3/b25-23-,28-26?. The van der Waals surface area contributed by atoms with Crippen molar-refractivity contribution in [3.05, 3.63) is 82.1 Å². The quantitative estimate of drug-likeness (QED) is 0.322. The van der Waals surface area contributed by atoms with Gasteiger partial charge >= 0.3 is 0 Å². The van der Waals surface area contributed by atoms with Crippen LogP contribution in [0.5, 0.6) is 0 Å². The van der Waals surface area contributed by atoms with Crippen LogP contribution in [0.1, 0.15) is 30.0 Å². The molecule has 1 N–H and O–H groups in total. The van der Waals surface area contributed by atoms with Gasteiger partial charge < -0.3 is 14.6 Å². The van der Waals surface area contributed by atoms with E-state index in [1.165, 1.54) is 18.7 Å². The molecule has 0 spiro atoms. The minimum atomic E-state index is -0.125. The van der Waals surface area contributed by atoms with Crippen LogP contribution in [-0.4, -0.2) is 35.4 Å². The van der Waals surface area contributed by atoms with Gasteiger partial charge in [0, 0.05) is 24.1 Å². The zero-order valence-corrected chi connectivity index (χ0v) is 21.2. The molecule has 0 unspecified atom stereocenters. The third kappa shape index (κ3) is 4.49. The Bertz CT molecular complexity index is 1360. The molecule has 3 heterocycles.